The molecule has 0 radical (unpaired) electrons. The van der Waals surface area contributed by atoms with Crippen LogP contribution in [-0.4, -0.2) is 19.1 Å². The van der Waals surface area contributed by atoms with Crippen molar-refractivity contribution >= 4 is 21.8 Å². The number of rotatable bonds is 2. The van der Waals surface area contributed by atoms with Crippen LogP contribution < -0.4 is 9.13 Å². The summed E-state index contributed by atoms with van der Waals surface area (Å²) in [6, 6.07) is 12.5. The number of pyridine rings is 2. The summed E-state index contributed by atoms with van der Waals surface area (Å²) in [6.07, 6.45) is 12.0. The molecule has 0 aliphatic heterocycles. The van der Waals surface area contributed by atoms with E-state index in [4.69, 9.17) is 9.97 Å². The van der Waals surface area contributed by atoms with Gasteiger partial charge in [0.15, 0.2) is 0 Å². The first kappa shape index (κ1) is 14.8. The maximum atomic E-state index is 4.90. The zero-order chi connectivity index (χ0) is 17.7. The molecule has 5 rings (SSSR count). The normalized spacial score (nSPS) is 11.5. The standard InChI is InChI=1S/C20H18N6/c1-23-9-11-25(13-23)17-7-5-15-3-4-16-6-8-18(22-20(16)19(15)21-17)26-12-10-24(2)14-26/h3-14H,1-2H3/q+2. The fourth-order valence-electron chi connectivity index (χ4n) is 3.21. The van der Waals surface area contributed by atoms with Gasteiger partial charge in [0.25, 0.3) is 0 Å². The van der Waals surface area contributed by atoms with E-state index in [2.05, 4.69) is 24.3 Å². The second-order valence-electron chi connectivity index (χ2n) is 6.52. The summed E-state index contributed by atoms with van der Waals surface area (Å²) >= 11 is 0. The Morgan fingerprint density at radius 3 is 1.46 bits per heavy atom. The first-order valence-electron chi connectivity index (χ1n) is 8.45. The van der Waals surface area contributed by atoms with E-state index < -0.39 is 0 Å². The van der Waals surface area contributed by atoms with E-state index in [-0.39, 0.29) is 0 Å². The highest BCUT2D eigenvalue weighted by Crippen LogP contribution is 2.24. The summed E-state index contributed by atoms with van der Waals surface area (Å²) in [4.78, 5) is 9.80. The van der Waals surface area contributed by atoms with Crippen LogP contribution in [0, 0.1) is 0 Å². The van der Waals surface area contributed by atoms with Gasteiger partial charge in [0.05, 0.1) is 14.1 Å². The number of aromatic nitrogens is 6. The lowest BCUT2D eigenvalue weighted by atomic mass is 10.1. The zero-order valence-electron chi connectivity index (χ0n) is 14.6. The van der Waals surface area contributed by atoms with Gasteiger partial charge in [-0.25, -0.2) is 19.1 Å². The fraction of sp³-hybridized carbons (Fsp3) is 0.100. The van der Waals surface area contributed by atoms with Gasteiger partial charge in [-0.1, -0.05) is 12.1 Å². The molecule has 0 aliphatic carbocycles. The number of benzene rings is 1. The van der Waals surface area contributed by atoms with E-state index in [0.717, 1.165) is 33.4 Å². The summed E-state index contributed by atoms with van der Waals surface area (Å²) in [5.74, 6) is 1.76. The number of hydrogen-bond donors (Lipinski definition) is 0. The van der Waals surface area contributed by atoms with Crippen LogP contribution in [-0.2, 0) is 14.1 Å². The molecular formula is C20H18N6+2. The molecule has 0 amide bonds. The quantitative estimate of drug-likeness (QED) is 0.364. The molecule has 0 atom stereocenters. The average Bonchev–Trinajstić information content (AvgIpc) is 3.29. The molecule has 0 saturated carbocycles. The minimum atomic E-state index is 0.880. The maximum absolute atomic E-state index is 4.90. The van der Waals surface area contributed by atoms with Crippen LogP contribution in [0.25, 0.3) is 33.4 Å². The van der Waals surface area contributed by atoms with Gasteiger partial charge in [-0.3, -0.25) is 0 Å². The Labute approximate surface area is 150 Å². The highest BCUT2D eigenvalue weighted by molar-refractivity contribution is 6.03. The third-order valence-corrected chi connectivity index (χ3v) is 4.56. The molecule has 4 aromatic heterocycles. The highest BCUT2D eigenvalue weighted by Gasteiger charge is 2.12. The Morgan fingerprint density at radius 1 is 0.654 bits per heavy atom. The van der Waals surface area contributed by atoms with Crippen molar-refractivity contribution < 1.29 is 9.13 Å². The van der Waals surface area contributed by atoms with Crippen LogP contribution in [0.5, 0.6) is 0 Å². The molecule has 0 unspecified atom stereocenters. The van der Waals surface area contributed by atoms with Gasteiger partial charge in [0.1, 0.15) is 35.8 Å². The monoisotopic (exact) mass is 342 g/mol. The SMILES string of the molecule is C[n+]1ccn(-c2ccc3ccc4ccc(-n5cc[n+](C)c5)nc4c3n2)c1. The van der Waals surface area contributed by atoms with Crippen molar-refractivity contribution in [1.82, 2.24) is 19.1 Å². The van der Waals surface area contributed by atoms with Crippen molar-refractivity contribution in [2.24, 2.45) is 14.1 Å². The summed E-state index contributed by atoms with van der Waals surface area (Å²) in [5.41, 5.74) is 1.82. The van der Waals surface area contributed by atoms with Gasteiger partial charge in [-0.05, 0) is 12.1 Å². The Kier molecular flexibility index (Phi) is 3.12. The lowest BCUT2D eigenvalue weighted by molar-refractivity contribution is -0.670. The molecule has 26 heavy (non-hydrogen) atoms. The number of aryl methyl sites for hydroxylation is 2. The number of imidazole rings is 2. The third-order valence-electron chi connectivity index (χ3n) is 4.56. The van der Waals surface area contributed by atoms with E-state index in [1.54, 1.807) is 0 Å². The fourth-order valence-corrected chi connectivity index (χ4v) is 3.21. The molecule has 6 heteroatoms. The molecule has 4 heterocycles. The largest absolute Gasteiger partial charge is 0.250 e. The van der Waals surface area contributed by atoms with Gasteiger partial charge in [0, 0.05) is 22.9 Å². The van der Waals surface area contributed by atoms with Crippen LogP contribution >= 0.6 is 0 Å². The molecule has 0 fully saturated rings. The summed E-state index contributed by atoms with van der Waals surface area (Å²) in [7, 11) is 4.00. The minimum absolute atomic E-state index is 0.880. The van der Waals surface area contributed by atoms with Crippen molar-refractivity contribution in [1.29, 1.82) is 0 Å². The van der Waals surface area contributed by atoms with Crippen molar-refractivity contribution in [3.63, 3.8) is 0 Å². The molecule has 0 aliphatic rings. The summed E-state index contributed by atoms with van der Waals surface area (Å²) < 4.78 is 8.01. The molecule has 126 valence electrons. The Morgan fingerprint density at radius 2 is 1.08 bits per heavy atom. The molecule has 6 nitrogen and oxygen atoms in total. The molecule has 5 aromatic rings. The molecule has 1 aromatic carbocycles. The predicted octanol–water partition coefficient (Wildman–Crippen LogP) is 2.01. The Bertz CT molecular complexity index is 1170. The van der Waals surface area contributed by atoms with E-state index in [9.17, 15) is 0 Å². The van der Waals surface area contributed by atoms with E-state index in [1.165, 1.54) is 0 Å². The number of fused-ring (bicyclic) bond motifs is 3. The second-order valence-corrected chi connectivity index (χ2v) is 6.52. The first-order chi connectivity index (χ1) is 12.7. The maximum Gasteiger partial charge on any atom is 0.250 e. The molecular weight excluding hydrogens is 324 g/mol. The van der Waals surface area contributed by atoms with E-state index >= 15 is 0 Å². The van der Waals surface area contributed by atoms with Gasteiger partial charge < -0.3 is 0 Å². The smallest absolute Gasteiger partial charge is 0.239 e. The topological polar surface area (TPSA) is 43.4 Å². The van der Waals surface area contributed by atoms with Crippen molar-refractivity contribution in [3.05, 3.63) is 73.8 Å². The molecule has 0 saturated heterocycles. The van der Waals surface area contributed by atoms with Gasteiger partial charge in [-0.15, -0.1) is 0 Å². The van der Waals surface area contributed by atoms with Crippen LogP contribution in [0.1, 0.15) is 0 Å². The Hall–Kier alpha value is -3.54. The number of hydrogen-bond acceptors (Lipinski definition) is 2. The zero-order valence-corrected chi connectivity index (χ0v) is 14.6. The van der Waals surface area contributed by atoms with Gasteiger partial charge in [0.2, 0.25) is 24.3 Å². The minimum Gasteiger partial charge on any atom is -0.239 e. The molecule has 0 N–H and O–H groups in total. The summed E-state index contributed by atoms with van der Waals surface area (Å²) in [5, 5.41) is 2.17. The summed E-state index contributed by atoms with van der Waals surface area (Å²) in [6.45, 7) is 0. The average molecular weight is 342 g/mol. The lowest BCUT2D eigenvalue weighted by Gasteiger charge is -2.05. The molecule has 0 spiro atoms. The predicted molar refractivity (Wildman–Crippen MR) is 98.1 cm³/mol. The second kappa shape index (κ2) is 5.49. The van der Waals surface area contributed by atoms with E-state index in [1.807, 2.05) is 81.9 Å². The van der Waals surface area contributed by atoms with Gasteiger partial charge >= 0.3 is 0 Å². The molecule has 0 bridgehead atoms. The van der Waals surface area contributed by atoms with Crippen LogP contribution in [0.4, 0.5) is 0 Å². The number of nitrogens with zero attached hydrogens (tertiary/aromatic N) is 6. The van der Waals surface area contributed by atoms with Crippen LogP contribution in [0.15, 0.2) is 73.8 Å². The lowest BCUT2D eigenvalue weighted by Crippen LogP contribution is -2.23. The van der Waals surface area contributed by atoms with Crippen molar-refractivity contribution in [2.45, 2.75) is 0 Å². The Balaban J connectivity index is 1.76. The van der Waals surface area contributed by atoms with Crippen molar-refractivity contribution in [3.8, 4) is 11.6 Å². The first-order valence-corrected chi connectivity index (χ1v) is 8.45. The van der Waals surface area contributed by atoms with Crippen LogP contribution in [0.3, 0.4) is 0 Å². The van der Waals surface area contributed by atoms with Crippen LogP contribution in [0.2, 0.25) is 0 Å². The highest BCUT2D eigenvalue weighted by atomic mass is 15.2. The van der Waals surface area contributed by atoms with Gasteiger partial charge in [-0.2, -0.15) is 9.13 Å². The van der Waals surface area contributed by atoms with Crippen molar-refractivity contribution in [2.75, 3.05) is 0 Å². The van der Waals surface area contributed by atoms with E-state index in [0.29, 0.717) is 0 Å². The third kappa shape index (κ3) is 2.35.